The van der Waals surface area contributed by atoms with E-state index in [0.717, 1.165) is 22.7 Å². The molecule has 0 saturated heterocycles. The predicted molar refractivity (Wildman–Crippen MR) is 256 cm³/mol. The molecule has 0 aliphatic rings. The van der Waals surface area contributed by atoms with E-state index < -0.39 is 0 Å². The molecule has 280 valence electrons. The fourth-order valence-electron chi connectivity index (χ4n) is 9.57. The maximum Gasteiger partial charge on any atom is 0.0547 e. The van der Waals surface area contributed by atoms with Gasteiger partial charge in [0.15, 0.2) is 0 Å². The number of hydrogen-bond acceptors (Lipinski definition) is 1. The van der Waals surface area contributed by atoms with Gasteiger partial charge in [-0.15, -0.1) is 0 Å². The molecule has 0 fully saturated rings. The maximum absolute atomic E-state index is 2.45. The predicted octanol–water partition coefficient (Wildman–Crippen LogP) is 16.2. The van der Waals surface area contributed by atoms with Crippen molar-refractivity contribution in [1.82, 2.24) is 4.57 Å². The molecule has 0 spiro atoms. The topological polar surface area (TPSA) is 8.17 Å². The second kappa shape index (κ2) is 13.9. The van der Waals surface area contributed by atoms with Gasteiger partial charge in [-0.3, -0.25) is 0 Å². The molecule has 0 aliphatic heterocycles. The number of aromatic nitrogens is 1. The average Bonchev–Trinajstić information content (AvgIpc) is 3.67. The number of rotatable bonds is 6. The van der Waals surface area contributed by atoms with Crippen molar-refractivity contribution < 1.29 is 0 Å². The van der Waals surface area contributed by atoms with Crippen LogP contribution >= 0.6 is 0 Å². The molecule has 0 aliphatic carbocycles. The Hall–Kier alpha value is -7.94. The third kappa shape index (κ3) is 5.50. The molecule has 60 heavy (non-hydrogen) atoms. The fraction of sp³-hybridized carbons (Fsp3) is 0. The second-order valence-corrected chi connectivity index (χ2v) is 15.7. The first-order valence-corrected chi connectivity index (χ1v) is 20.7. The van der Waals surface area contributed by atoms with E-state index in [9.17, 15) is 0 Å². The zero-order valence-corrected chi connectivity index (χ0v) is 32.8. The van der Waals surface area contributed by atoms with E-state index in [2.05, 4.69) is 240 Å². The number of para-hydroxylation sites is 2. The Morgan fingerprint density at radius 1 is 0.300 bits per heavy atom. The normalized spacial score (nSPS) is 11.7. The van der Waals surface area contributed by atoms with E-state index in [1.165, 1.54) is 87.1 Å². The van der Waals surface area contributed by atoms with Crippen molar-refractivity contribution in [3.05, 3.63) is 231 Å². The molecule has 1 aromatic heterocycles. The molecule has 11 aromatic carbocycles. The van der Waals surface area contributed by atoms with Crippen LogP contribution in [0.3, 0.4) is 0 Å². The molecule has 0 radical (unpaired) electrons. The molecule has 12 aromatic rings. The Kier molecular flexibility index (Phi) is 7.89. The van der Waals surface area contributed by atoms with Gasteiger partial charge in [0, 0.05) is 33.2 Å². The molecule has 2 nitrogen and oxygen atoms in total. The molecule has 1 heterocycles. The summed E-state index contributed by atoms with van der Waals surface area (Å²) in [4.78, 5) is 2.45. The van der Waals surface area contributed by atoms with Crippen LogP contribution in [0, 0.1) is 0 Å². The van der Waals surface area contributed by atoms with Crippen LogP contribution in [0.4, 0.5) is 17.1 Å². The summed E-state index contributed by atoms with van der Waals surface area (Å²) >= 11 is 0. The molecule has 12 rings (SSSR count). The zero-order valence-electron chi connectivity index (χ0n) is 32.8. The van der Waals surface area contributed by atoms with Gasteiger partial charge < -0.3 is 9.47 Å². The number of nitrogens with zero attached hydrogens (tertiary/aromatic N) is 2. The quantitative estimate of drug-likeness (QED) is 0.153. The maximum atomic E-state index is 2.45. The Labute approximate surface area is 348 Å². The lowest BCUT2D eigenvalue weighted by Gasteiger charge is -2.28. The van der Waals surface area contributed by atoms with Crippen LogP contribution in [-0.4, -0.2) is 4.57 Å². The highest BCUT2D eigenvalue weighted by atomic mass is 15.1. The van der Waals surface area contributed by atoms with Gasteiger partial charge >= 0.3 is 0 Å². The monoisotopic (exact) mass is 762 g/mol. The lowest BCUT2D eigenvalue weighted by atomic mass is 9.96. The van der Waals surface area contributed by atoms with Gasteiger partial charge in [-0.1, -0.05) is 170 Å². The third-order valence-electron chi connectivity index (χ3n) is 12.3. The molecule has 0 bridgehead atoms. The van der Waals surface area contributed by atoms with Gasteiger partial charge in [0.25, 0.3) is 0 Å². The summed E-state index contributed by atoms with van der Waals surface area (Å²) in [5.41, 5.74) is 11.7. The Morgan fingerprint density at radius 3 is 1.73 bits per heavy atom. The van der Waals surface area contributed by atoms with E-state index in [1.54, 1.807) is 0 Å². The lowest BCUT2D eigenvalue weighted by Crippen LogP contribution is -2.11. The number of benzene rings is 11. The summed E-state index contributed by atoms with van der Waals surface area (Å²) in [5, 5.41) is 12.5. The van der Waals surface area contributed by atoms with E-state index in [0.29, 0.717) is 0 Å². The van der Waals surface area contributed by atoms with Crippen LogP contribution in [0.1, 0.15) is 0 Å². The van der Waals surface area contributed by atoms with Crippen LogP contribution in [0.2, 0.25) is 0 Å². The zero-order chi connectivity index (χ0) is 39.6. The van der Waals surface area contributed by atoms with E-state index in [1.807, 2.05) is 0 Å². The van der Waals surface area contributed by atoms with Crippen LogP contribution in [0.5, 0.6) is 0 Å². The first-order chi connectivity index (χ1) is 29.8. The minimum atomic E-state index is 1.10. The molecule has 0 unspecified atom stereocenters. The van der Waals surface area contributed by atoms with Crippen LogP contribution < -0.4 is 4.90 Å². The van der Waals surface area contributed by atoms with Crippen molar-refractivity contribution in [2.24, 2.45) is 0 Å². The summed E-state index contributed by atoms with van der Waals surface area (Å²) in [6.45, 7) is 0. The molecule has 2 heteroatoms. The summed E-state index contributed by atoms with van der Waals surface area (Å²) < 4.78 is 2.39. The van der Waals surface area contributed by atoms with E-state index in [-0.39, 0.29) is 0 Å². The highest BCUT2D eigenvalue weighted by molar-refractivity contribution is 6.17. The third-order valence-corrected chi connectivity index (χ3v) is 12.3. The summed E-state index contributed by atoms with van der Waals surface area (Å²) in [7, 11) is 0. The van der Waals surface area contributed by atoms with Gasteiger partial charge in [0.1, 0.15) is 0 Å². The Morgan fingerprint density at radius 2 is 0.900 bits per heavy atom. The number of hydrogen-bond donors (Lipinski definition) is 0. The fourth-order valence-corrected chi connectivity index (χ4v) is 9.57. The highest BCUT2D eigenvalue weighted by Gasteiger charge is 2.20. The van der Waals surface area contributed by atoms with E-state index >= 15 is 0 Å². The van der Waals surface area contributed by atoms with Crippen molar-refractivity contribution in [2.45, 2.75) is 0 Å². The molecule has 0 atom stereocenters. The minimum Gasteiger partial charge on any atom is -0.310 e. The molecule has 0 saturated carbocycles. The first-order valence-electron chi connectivity index (χ1n) is 20.7. The van der Waals surface area contributed by atoms with Gasteiger partial charge in [0.2, 0.25) is 0 Å². The molecule has 0 amide bonds. The average molecular weight is 763 g/mol. The van der Waals surface area contributed by atoms with Crippen LogP contribution in [-0.2, 0) is 0 Å². The highest BCUT2D eigenvalue weighted by Crippen LogP contribution is 2.45. The first kappa shape index (κ1) is 34.1. The Bertz CT molecular complexity index is 3600. The van der Waals surface area contributed by atoms with Crippen LogP contribution in [0.15, 0.2) is 231 Å². The smallest absolute Gasteiger partial charge is 0.0547 e. The van der Waals surface area contributed by atoms with Gasteiger partial charge in [-0.25, -0.2) is 0 Å². The standard InChI is InChI=1S/C58H38N2/c1-2-17-45(18-3-1)60-55-26-11-10-24-54(55)58-51(25-13-27-56(58)60)42-16-12-19-47(37-42)59(57-38-43-15-5-7-21-49(43)52-22-8-9-23-53(52)57)46-33-30-39(31-34-46)41-32-35-50-44(36-41)29-28-40-14-4-6-20-48(40)50/h1-38H. The number of fused-ring (bicyclic) bond motifs is 9. The van der Waals surface area contributed by atoms with Crippen molar-refractivity contribution in [3.63, 3.8) is 0 Å². The SMILES string of the molecule is c1ccc(-n2c3ccccc3c3c(-c4cccc(N(c5ccc(-c6ccc7c(ccc8ccccc87)c6)cc5)c5cc6ccccc6c6ccccc56)c4)cccc32)cc1. The van der Waals surface area contributed by atoms with Gasteiger partial charge in [-0.05, 0) is 121 Å². The second-order valence-electron chi connectivity index (χ2n) is 15.7. The van der Waals surface area contributed by atoms with Gasteiger partial charge in [0.05, 0.1) is 16.7 Å². The van der Waals surface area contributed by atoms with Crippen molar-refractivity contribution in [3.8, 4) is 27.9 Å². The van der Waals surface area contributed by atoms with Gasteiger partial charge in [-0.2, -0.15) is 0 Å². The van der Waals surface area contributed by atoms with E-state index in [4.69, 9.17) is 0 Å². The molecule has 0 N–H and O–H groups in total. The molecular weight excluding hydrogens is 725 g/mol. The van der Waals surface area contributed by atoms with Crippen molar-refractivity contribution in [2.75, 3.05) is 4.90 Å². The van der Waals surface area contributed by atoms with Crippen molar-refractivity contribution >= 4 is 82.0 Å². The largest absolute Gasteiger partial charge is 0.310 e. The molecular formula is C58H38N2. The lowest BCUT2D eigenvalue weighted by molar-refractivity contribution is 1.18. The minimum absolute atomic E-state index is 1.10. The van der Waals surface area contributed by atoms with Crippen LogP contribution in [0.25, 0.3) is 92.8 Å². The summed E-state index contributed by atoms with van der Waals surface area (Å²) in [6.07, 6.45) is 0. The number of anilines is 3. The summed E-state index contributed by atoms with van der Waals surface area (Å²) in [5.74, 6) is 0. The van der Waals surface area contributed by atoms with Crippen molar-refractivity contribution in [1.29, 1.82) is 0 Å². The summed E-state index contributed by atoms with van der Waals surface area (Å²) in [6, 6.07) is 84.3. The Balaban J connectivity index is 1.04.